The molecule has 0 spiro atoms. The van der Waals surface area contributed by atoms with Crippen molar-refractivity contribution in [2.45, 2.75) is 18.4 Å². The molecule has 0 saturated carbocycles. The molecule has 0 fully saturated rings. The van der Waals surface area contributed by atoms with E-state index in [1.54, 1.807) is 12.1 Å². The van der Waals surface area contributed by atoms with Gasteiger partial charge in [-0.25, -0.2) is 13.1 Å². The van der Waals surface area contributed by atoms with E-state index in [9.17, 15) is 8.42 Å². The Morgan fingerprint density at radius 2 is 1.61 bits per heavy atom. The number of halogens is 1. The Morgan fingerprint density at radius 1 is 0.861 bits per heavy atom. The van der Waals surface area contributed by atoms with Gasteiger partial charge in [0.25, 0.3) is 0 Å². The lowest BCUT2D eigenvalue weighted by Crippen LogP contribution is -2.23. The number of pyridine rings is 1. The Labute approximate surface area is 215 Å². The third kappa shape index (κ3) is 5.11. The van der Waals surface area contributed by atoms with E-state index in [0.717, 1.165) is 33.2 Å². The number of hydrogen-bond donors (Lipinski definition) is 1. The minimum atomic E-state index is -3.64. The SMILES string of the molecule is Cc1cnc2c(Cl)cccc2c1-c1cccc(Oc2ccc(S(=O)(=O)NCc3ccccc3)cc2)c1. The fourth-order valence-electron chi connectivity index (χ4n) is 4.07. The van der Waals surface area contributed by atoms with Crippen LogP contribution in [0.4, 0.5) is 0 Å². The van der Waals surface area contributed by atoms with Crippen LogP contribution in [0.25, 0.3) is 22.0 Å². The molecule has 0 amide bonds. The second kappa shape index (κ2) is 10.1. The van der Waals surface area contributed by atoms with E-state index >= 15 is 0 Å². The van der Waals surface area contributed by atoms with E-state index in [1.807, 2.05) is 85.9 Å². The lowest BCUT2D eigenvalue weighted by atomic mass is 9.97. The lowest BCUT2D eigenvalue weighted by molar-refractivity contribution is 0.482. The molecule has 0 atom stereocenters. The summed E-state index contributed by atoms with van der Waals surface area (Å²) in [4.78, 5) is 4.67. The molecular weight excluding hydrogens is 492 g/mol. The Morgan fingerprint density at radius 3 is 2.39 bits per heavy atom. The monoisotopic (exact) mass is 514 g/mol. The van der Waals surface area contributed by atoms with Crippen LogP contribution in [0, 0.1) is 6.92 Å². The summed E-state index contributed by atoms with van der Waals surface area (Å²) >= 11 is 6.37. The number of fused-ring (bicyclic) bond motifs is 1. The predicted molar refractivity (Wildman–Crippen MR) is 144 cm³/mol. The number of hydrogen-bond acceptors (Lipinski definition) is 4. The van der Waals surface area contributed by atoms with Gasteiger partial charge in [0.2, 0.25) is 10.0 Å². The molecule has 5 rings (SSSR count). The zero-order valence-electron chi connectivity index (χ0n) is 19.5. The van der Waals surface area contributed by atoms with Gasteiger partial charge in [-0.15, -0.1) is 0 Å². The molecule has 1 N–H and O–H groups in total. The molecule has 1 heterocycles. The van der Waals surface area contributed by atoms with Gasteiger partial charge in [-0.05, 0) is 71.6 Å². The standard InChI is InChI=1S/C29H23ClN2O3S/c1-20-18-31-29-26(11-6-12-27(29)30)28(20)22-9-5-10-24(17-22)35-23-13-15-25(16-14-23)36(33,34)32-19-21-7-3-2-4-8-21/h2-18,32H,19H2,1H3. The van der Waals surface area contributed by atoms with Gasteiger partial charge >= 0.3 is 0 Å². The van der Waals surface area contributed by atoms with Crippen molar-refractivity contribution in [2.75, 3.05) is 0 Å². The molecule has 0 aliphatic rings. The molecule has 5 nitrogen and oxygen atoms in total. The van der Waals surface area contributed by atoms with Crippen molar-refractivity contribution in [3.8, 4) is 22.6 Å². The van der Waals surface area contributed by atoms with Crippen LogP contribution >= 0.6 is 11.6 Å². The van der Waals surface area contributed by atoms with Crippen LogP contribution in [0.5, 0.6) is 11.5 Å². The van der Waals surface area contributed by atoms with Gasteiger partial charge < -0.3 is 4.74 Å². The summed E-state index contributed by atoms with van der Waals surface area (Å²) in [5, 5.41) is 1.58. The highest BCUT2D eigenvalue weighted by molar-refractivity contribution is 7.89. The highest BCUT2D eigenvalue weighted by Crippen LogP contribution is 2.35. The van der Waals surface area contributed by atoms with Crippen molar-refractivity contribution < 1.29 is 13.2 Å². The fourth-order valence-corrected chi connectivity index (χ4v) is 5.31. The molecule has 0 unspecified atom stereocenters. The highest BCUT2D eigenvalue weighted by Gasteiger charge is 2.15. The zero-order chi connectivity index (χ0) is 25.1. The van der Waals surface area contributed by atoms with Gasteiger partial charge in [0.1, 0.15) is 11.5 Å². The van der Waals surface area contributed by atoms with Crippen LogP contribution in [0.15, 0.2) is 108 Å². The molecule has 0 saturated heterocycles. The maximum Gasteiger partial charge on any atom is 0.240 e. The molecule has 180 valence electrons. The molecule has 5 aromatic rings. The van der Waals surface area contributed by atoms with Crippen molar-refractivity contribution >= 4 is 32.5 Å². The summed E-state index contributed by atoms with van der Waals surface area (Å²) in [5.74, 6) is 1.17. The maximum absolute atomic E-state index is 12.7. The number of nitrogens with one attached hydrogen (secondary N) is 1. The van der Waals surface area contributed by atoms with E-state index in [4.69, 9.17) is 16.3 Å². The van der Waals surface area contributed by atoms with Crippen molar-refractivity contribution in [3.05, 3.63) is 119 Å². The molecule has 0 bridgehead atoms. The Bertz CT molecular complexity index is 1640. The topological polar surface area (TPSA) is 68.3 Å². The third-order valence-electron chi connectivity index (χ3n) is 5.84. The number of nitrogens with zero attached hydrogens (tertiary/aromatic N) is 1. The van der Waals surface area contributed by atoms with E-state index in [-0.39, 0.29) is 11.4 Å². The molecular formula is C29H23ClN2O3S. The molecule has 0 aliphatic carbocycles. The number of para-hydroxylation sites is 1. The number of rotatable bonds is 7. The highest BCUT2D eigenvalue weighted by atomic mass is 35.5. The van der Waals surface area contributed by atoms with Gasteiger partial charge in [0.05, 0.1) is 15.4 Å². The number of aryl methyl sites for hydroxylation is 1. The minimum Gasteiger partial charge on any atom is -0.457 e. The summed E-state index contributed by atoms with van der Waals surface area (Å²) in [6, 6.07) is 29.3. The van der Waals surface area contributed by atoms with Gasteiger partial charge in [-0.1, -0.05) is 66.2 Å². The largest absolute Gasteiger partial charge is 0.457 e. The van der Waals surface area contributed by atoms with Crippen LogP contribution in [0.3, 0.4) is 0 Å². The molecule has 36 heavy (non-hydrogen) atoms. The molecule has 7 heteroatoms. The summed E-state index contributed by atoms with van der Waals surface area (Å²) in [5.41, 5.74) is 4.69. The van der Waals surface area contributed by atoms with Gasteiger partial charge in [-0.3, -0.25) is 4.98 Å². The number of sulfonamides is 1. The van der Waals surface area contributed by atoms with E-state index in [2.05, 4.69) is 9.71 Å². The molecule has 4 aromatic carbocycles. The van der Waals surface area contributed by atoms with E-state index < -0.39 is 10.0 Å². The normalized spacial score (nSPS) is 11.5. The smallest absolute Gasteiger partial charge is 0.240 e. The lowest BCUT2D eigenvalue weighted by Gasteiger charge is -2.13. The van der Waals surface area contributed by atoms with Crippen molar-refractivity contribution in [1.82, 2.24) is 9.71 Å². The number of aromatic nitrogens is 1. The van der Waals surface area contributed by atoms with Gasteiger partial charge in [0, 0.05) is 18.1 Å². The van der Waals surface area contributed by atoms with Crippen molar-refractivity contribution in [3.63, 3.8) is 0 Å². The van der Waals surface area contributed by atoms with E-state index in [0.29, 0.717) is 16.5 Å². The summed E-state index contributed by atoms with van der Waals surface area (Å²) < 4.78 is 34.0. The van der Waals surface area contributed by atoms with E-state index in [1.165, 1.54) is 12.1 Å². The zero-order valence-corrected chi connectivity index (χ0v) is 21.1. The maximum atomic E-state index is 12.7. The number of ether oxygens (including phenoxy) is 1. The predicted octanol–water partition coefficient (Wildman–Crippen LogP) is 7.13. The molecule has 0 radical (unpaired) electrons. The Kier molecular flexibility index (Phi) is 6.74. The quantitative estimate of drug-likeness (QED) is 0.251. The first-order valence-corrected chi connectivity index (χ1v) is 13.2. The summed E-state index contributed by atoms with van der Waals surface area (Å²) in [7, 11) is -3.64. The van der Waals surface area contributed by atoms with Crippen LogP contribution in [-0.2, 0) is 16.6 Å². The van der Waals surface area contributed by atoms with Crippen LogP contribution in [0.2, 0.25) is 5.02 Å². The van der Waals surface area contributed by atoms with Gasteiger partial charge in [0.15, 0.2) is 0 Å². The first-order chi connectivity index (χ1) is 17.4. The Hall–Kier alpha value is -3.71. The average molecular weight is 515 g/mol. The second-order valence-electron chi connectivity index (χ2n) is 8.36. The van der Waals surface area contributed by atoms with Crippen molar-refractivity contribution in [1.29, 1.82) is 0 Å². The third-order valence-corrected chi connectivity index (χ3v) is 7.56. The minimum absolute atomic E-state index is 0.176. The Balaban J connectivity index is 1.36. The molecule has 0 aliphatic heterocycles. The first kappa shape index (κ1) is 24.0. The number of benzene rings is 4. The average Bonchev–Trinajstić information content (AvgIpc) is 2.89. The van der Waals surface area contributed by atoms with Gasteiger partial charge in [-0.2, -0.15) is 0 Å². The van der Waals surface area contributed by atoms with Crippen LogP contribution in [-0.4, -0.2) is 13.4 Å². The first-order valence-electron chi connectivity index (χ1n) is 11.4. The van der Waals surface area contributed by atoms with Crippen LogP contribution < -0.4 is 9.46 Å². The summed E-state index contributed by atoms with van der Waals surface area (Å²) in [6.45, 7) is 2.24. The fraction of sp³-hybridized carbons (Fsp3) is 0.0690. The summed E-state index contributed by atoms with van der Waals surface area (Å²) in [6.07, 6.45) is 1.82. The van der Waals surface area contributed by atoms with Crippen molar-refractivity contribution in [2.24, 2.45) is 0 Å². The second-order valence-corrected chi connectivity index (χ2v) is 10.5. The van der Waals surface area contributed by atoms with Crippen LogP contribution in [0.1, 0.15) is 11.1 Å². The molecule has 1 aromatic heterocycles.